The van der Waals surface area contributed by atoms with Gasteiger partial charge in [-0.15, -0.1) is 0 Å². The van der Waals surface area contributed by atoms with Gasteiger partial charge in [0, 0.05) is 53.6 Å². The van der Waals surface area contributed by atoms with Crippen molar-refractivity contribution in [1.82, 2.24) is 25.5 Å². The normalized spacial score (nSPS) is 18.0. The summed E-state index contributed by atoms with van der Waals surface area (Å²) >= 11 is 12.6. The Labute approximate surface area is 213 Å². The second kappa shape index (κ2) is 8.97. The molecule has 0 amide bonds. The van der Waals surface area contributed by atoms with Gasteiger partial charge in [-0.05, 0) is 63.2 Å². The summed E-state index contributed by atoms with van der Waals surface area (Å²) in [6, 6.07) is 10.0. The zero-order valence-corrected chi connectivity index (χ0v) is 20.9. The number of nitrogens with zero attached hydrogens (tertiary/aromatic N) is 4. The Kier molecular flexibility index (Phi) is 5.79. The number of aromatic nitrogens is 4. The first-order valence-corrected chi connectivity index (χ1v) is 12.6. The van der Waals surface area contributed by atoms with Crippen LogP contribution in [0.2, 0.25) is 10.0 Å². The molecule has 35 heavy (non-hydrogen) atoms. The zero-order chi connectivity index (χ0) is 24.0. The minimum absolute atomic E-state index is 0.341. The molecule has 0 saturated carbocycles. The van der Waals surface area contributed by atoms with Gasteiger partial charge in [0.1, 0.15) is 23.4 Å². The van der Waals surface area contributed by atoms with Crippen molar-refractivity contribution < 1.29 is 4.74 Å². The Morgan fingerprint density at radius 2 is 1.80 bits per heavy atom. The fraction of sp³-hybridized carbons (Fsp3) is 0.346. The number of aromatic amines is 1. The Balaban J connectivity index is 1.21. The van der Waals surface area contributed by atoms with Crippen LogP contribution in [0.15, 0.2) is 48.9 Å². The standard InChI is InChI=1S/C26H26Cl2N6O/c1-16(24-20(27)12-30-13-21(24)28)35-18-3-4-22-19(10-18)25(33-32-22)17-2-5-23(31-11-17)34-14-26(15-34)6-8-29-9-7-26/h2-5,10-13,16,29H,6-9,14-15H2,1H3,(H,32,33)/t16-/m1/s1. The Morgan fingerprint density at radius 1 is 1.03 bits per heavy atom. The number of fused-ring (bicyclic) bond motifs is 1. The van der Waals surface area contributed by atoms with E-state index in [4.69, 9.17) is 32.9 Å². The second-order valence-corrected chi connectivity index (χ2v) is 10.4. The van der Waals surface area contributed by atoms with E-state index in [-0.39, 0.29) is 6.10 Å². The van der Waals surface area contributed by atoms with Crippen molar-refractivity contribution in [1.29, 1.82) is 0 Å². The maximum absolute atomic E-state index is 6.31. The van der Waals surface area contributed by atoms with Gasteiger partial charge >= 0.3 is 0 Å². The van der Waals surface area contributed by atoms with Gasteiger partial charge in [0.15, 0.2) is 0 Å². The molecule has 2 aliphatic heterocycles. The van der Waals surface area contributed by atoms with Gasteiger partial charge in [-0.2, -0.15) is 5.10 Å². The molecule has 3 aromatic heterocycles. The van der Waals surface area contributed by atoms with Crippen molar-refractivity contribution in [2.75, 3.05) is 31.1 Å². The van der Waals surface area contributed by atoms with E-state index in [1.807, 2.05) is 31.3 Å². The second-order valence-electron chi connectivity index (χ2n) is 9.57. The number of H-pyrrole nitrogens is 1. The average molecular weight is 509 g/mol. The van der Waals surface area contributed by atoms with Crippen LogP contribution in [0, 0.1) is 5.41 Å². The van der Waals surface area contributed by atoms with Crippen LogP contribution in [-0.4, -0.2) is 46.3 Å². The lowest BCUT2D eigenvalue weighted by atomic mass is 9.72. The summed E-state index contributed by atoms with van der Waals surface area (Å²) in [5.41, 5.74) is 3.92. The molecule has 1 spiro atoms. The highest BCUT2D eigenvalue weighted by molar-refractivity contribution is 6.35. The van der Waals surface area contributed by atoms with Crippen molar-refractivity contribution in [3.63, 3.8) is 0 Å². The number of halogens is 2. The number of benzene rings is 1. The van der Waals surface area contributed by atoms with E-state index in [0.717, 1.165) is 54.2 Å². The molecule has 0 aliphatic carbocycles. The van der Waals surface area contributed by atoms with Crippen LogP contribution >= 0.6 is 23.2 Å². The van der Waals surface area contributed by atoms with Crippen LogP contribution < -0.4 is 15.0 Å². The van der Waals surface area contributed by atoms with Crippen molar-refractivity contribution in [3.8, 4) is 17.0 Å². The van der Waals surface area contributed by atoms with E-state index in [1.54, 1.807) is 12.4 Å². The summed E-state index contributed by atoms with van der Waals surface area (Å²) < 4.78 is 6.19. The Hall–Kier alpha value is -2.87. The van der Waals surface area contributed by atoms with Crippen LogP contribution in [0.5, 0.6) is 5.75 Å². The highest BCUT2D eigenvalue weighted by Gasteiger charge is 2.43. The molecule has 1 atom stereocenters. The summed E-state index contributed by atoms with van der Waals surface area (Å²) in [6.45, 7) is 6.35. The molecule has 180 valence electrons. The first kappa shape index (κ1) is 22.6. The van der Waals surface area contributed by atoms with Crippen LogP contribution in [-0.2, 0) is 0 Å². The largest absolute Gasteiger partial charge is 0.486 e. The molecule has 4 aromatic rings. The third-order valence-electron chi connectivity index (χ3n) is 7.21. The lowest BCUT2D eigenvalue weighted by Crippen LogP contribution is -2.60. The maximum atomic E-state index is 6.31. The number of piperidine rings is 1. The Bertz CT molecular complexity index is 1340. The fourth-order valence-electron chi connectivity index (χ4n) is 5.27. The fourth-order valence-corrected chi connectivity index (χ4v) is 5.94. The number of ether oxygens (including phenoxy) is 1. The zero-order valence-electron chi connectivity index (χ0n) is 19.4. The van der Waals surface area contributed by atoms with Gasteiger partial charge in [0.25, 0.3) is 0 Å². The lowest BCUT2D eigenvalue weighted by Gasteiger charge is -2.53. The molecule has 2 saturated heterocycles. The minimum Gasteiger partial charge on any atom is -0.486 e. The molecule has 6 rings (SSSR count). The van der Waals surface area contributed by atoms with Gasteiger partial charge in [-0.3, -0.25) is 10.1 Å². The van der Waals surface area contributed by atoms with Gasteiger partial charge in [-0.1, -0.05) is 23.2 Å². The molecule has 2 N–H and O–H groups in total. The first-order chi connectivity index (χ1) is 17.0. The average Bonchev–Trinajstić information content (AvgIpc) is 3.26. The Morgan fingerprint density at radius 3 is 2.51 bits per heavy atom. The molecule has 0 radical (unpaired) electrons. The molecule has 0 unspecified atom stereocenters. The minimum atomic E-state index is -0.341. The van der Waals surface area contributed by atoms with Gasteiger partial charge < -0.3 is 15.0 Å². The van der Waals surface area contributed by atoms with Crippen molar-refractivity contribution in [3.05, 3.63) is 64.5 Å². The molecule has 2 aliphatic rings. The summed E-state index contributed by atoms with van der Waals surface area (Å²) in [4.78, 5) is 11.2. The number of hydrogen-bond donors (Lipinski definition) is 2. The third kappa shape index (κ3) is 4.22. The number of nitrogens with one attached hydrogen (secondary N) is 2. The highest BCUT2D eigenvalue weighted by Crippen LogP contribution is 2.41. The van der Waals surface area contributed by atoms with Gasteiger partial charge in [0.2, 0.25) is 0 Å². The molecule has 7 nitrogen and oxygen atoms in total. The summed E-state index contributed by atoms with van der Waals surface area (Å²) in [7, 11) is 0. The van der Waals surface area contributed by atoms with E-state index < -0.39 is 0 Å². The topological polar surface area (TPSA) is 79.0 Å². The maximum Gasteiger partial charge on any atom is 0.128 e. The van der Waals surface area contributed by atoms with E-state index in [1.165, 1.54) is 12.8 Å². The van der Waals surface area contributed by atoms with Crippen LogP contribution in [0.4, 0.5) is 5.82 Å². The van der Waals surface area contributed by atoms with Gasteiger partial charge in [-0.25, -0.2) is 4.98 Å². The number of pyridine rings is 2. The van der Waals surface area contributed by atoms with Crippen LogP contribution in [0.1, 0.15) is 31.4 Å². The van der Waals surface area contributed by atoms with Crippen LogP contribution in [0.25, 0.3) is 22.2 Å². The summed E-state index contributed by atoms with van der Waals surface area (Å²) in [6.07, 6.45) is 7.22. The number of rotatable bonds is 5. The summed E-state index contributed by atoms with van der Waals surface area (Å²) in [5.74, 6) is 1.73. The van der Waals surface area contributed by atoms with Crippen LogP contribution in [0.3, 0.4) is 0 Å². The van der Waals surface area contributed by atoms with Crippen molar-refractivity contribution in [2.45, 2.75) is 25.9 Å². The molecular weight excluding hydrogens is 483 g/mol. The molecule has 0 bridgehead atoms. The smallest absolute Gasteiger partial charge is 0.128 e. The van der Waals surface area contributed by atoms with E-state index in [0.29, 0.717) is 26.8 Å². The number of hydrogen-bond acceptors (Lipinski definition) is 6. The molecule has 9 heteroatoms. The van der Waals surface area contributed by atoms with Gasteiger partial charge in [0.05, 0.1) is 15.6 Å². The predicted octanol–water partition coefficient (Wildman–Crippen LogP) is 5.66. The highest BCUT2D eigenvalue weighted by atomic mass is 35.5. The SMILES string of the molecule is C[C@@H](Oc1ccc2[nH]nc(-c3ccc(N4CC5(CCNCC5)C4)nc3)c2c1)c1c(Cl)cncc1Cl. The molecule has 1 aromatic carbocycles. The first-order valence-electron chi connectivity index (χ1n) is 11.9. The van der Waals surface area contributed by atoms with E-state index in [2.05, 4.69) is 37.5 Å². The third-order valence-corrected chi connectivity index (χ3v) is 7.81. The van der Waals surface area contributed by atoms with E-state index >= 15 is 0 Å². The summed E-state index contributed by atoms with van der Waals surface area (Å²) in [5, 5.41) is 13.1. The monoisotopic (exact) mass is 508 g/mol. The molecule has 5 heterocycles. The quantitative estimate of drug-likeness (QED) is 0.362. The number of anilines is 1. The molecular formula is C26H26Cl2N6O. The van der Waals surface area contributed by atoms with E-state index in [9.17, 15) is 0 Å². The van der Waals surface area contributed by atoms with Crippen molar-refractivity contribution in [2.24, 2.45) is 5.41 Å². The van der Waals surface area contributed by atoms with Crippen molar-refractivity contribution >= 4 is 39.9 Å². The lowest BCUT2D eigenvalue weighted by molar-refractivity contribution is 0.149. The predicted molar refractivity (Wildman–Crippen MR) is 139 cm³/mol. The molecule has 2 fully saturated rings.